The first-order chi connectivity index (χ1) is 8.13. The number of aromatic nitrogens is 2. The molecule has 90 valence electrons. The molecule has 0 amide bonds. The molecular weight excluding hydrogens is 230 g/mol. The minimum Gasteiger partial charge on any atom is -0.393 e. The summed E-state index contributed by atoms with van der Waals surface area (Å²) in [6, 6.07) is 8.56. The van der Waals surface area contributed by atoms with E-state index in [0.29, 0.717) is 17.5 Å². The lowest BCUT2D eigenvalue weighted by Gasteiger charge is -2.15. The topological polar surface area (TPSA) is 43.8 Å². The molecule has 1 unspecified atom stereocenters. The quantitative estimate of drug-likeness (QED) is 0.845. The number of nitrogens with zero attached hydrogens (tertiary/aromatic N) is 2. The zero-order valence-corrected chi connectivity index (χ0v) is 11.0. The normalized spacial score (nSPS) is 12.8. The fraction of sp³-hybridized carbons (Fsp3) is 0.385. The van der Waals surface area contributed by atoms with Gasteiger partial charge in [0.1, 0.15) is 5.82 Å². The van der Waals surface area contributed by atoms with Gasteiger partial charge >= 0.3 is 0 Å². The van der Waals surface area contributed by atoms with Crippen LogP contribution in [0.25, 0.3) is 11.0 Å². The van der Waals surface area contributed by atoms with E-state index in [9.17, 15) is 0 Å². The van der Waals surface area contributed by atoms with Gasteiger partial charge in [0.2, 0.25) is 0 Å². The van der Waals surface area contributed by atoms with Gasteiger partial charge in [-0.3, -0.25) is 0 Å². The van der Waals surface area contributed by atoms with Crippen molar-refractivity contribution < 1.29 is 0 Å². The summed E-state index contributed by atoms with van der Waals surface area (Å²) in [4.78, 5) is 5.11. The van der Waals surface area contributed by atoms with Gasteiger partial charge < -0.3 is 10.3 Å². The lowest BCUT2D eigenvalue weighted by atomic mass is 10.2. The first kappa shape index (κ1) is 12.0. The first-order valence-electron chi connectivity index (χ1n) is 5.87. The number of hydrogen-bond donors (Lipinski definition) is 1. The highest BCUT2D eigenvalue weighted by molar-refractivity contribution is 7.80. The van der Waals surface area contributed by atoms with Gasteiger partial charge in [-0.15, -0.1) is 0 Å². The Morgan fingerprint density at radius 1 is 1.47 bits per heavy atom. The van der Waals surface area contributed by atoms with Crippen LogP contribution >= 0.6 is 12.2 Å². The molecule has 2 rings (SSSR count). The monoisotopic (exact) mass is 247 g/mol. The van der Waals surface area contributed by atoms with E-state index >= 15 is 0 Å². The molecule has 2 aromatic rings. The van der Waals surface area contributed by atoms with Crippen molar-refractivity contribution in [1.29, 1.82) is 0 Å². The predicted octanol–water partition coefficient (Wildman–Crippen LogP) is 2.84. The number of benzene rings is 1. The molecule has 17 heavy (non-hydrogen) atoms. The fourth-order valence-corrected chi connectivity index (χ4v) is 2.18. The van der Waals surface area contributed by atoms with Crippen molar-refractivity contribution in [1.82, 2.24) is 9.55 Å². The summed E-state index contributed by atoms with van der Waals surface area (Å²) in [5.41, 5.74) is 7.81. The van der Waals surface area contributed by atoms with Gasteiger partial charge in [-0.25, -0.2) is 4.98 Å². The number of imidazole rings is 1. The van der Waals surface area contributed by atoms with Crippen LogP contribution in [-0.2, 0) is 6.42 Å². The maximum atomic E-state index is 5.63. The molecule has 2 N–H and O–H groups in total. The Morgan fingerprint density at radius 2 is 2.18 bits per heavy atom. The number of para-hydroxylation sites is 2. The van der Waals surface area contributed by atoms with Crippen LogP contribution in [0, 0.1) is 0 Å². The molecule has 0 fully saturated rings. The lowest BCUT2D eigenvalue weighted by molar-refractivity contribution is 0.529. The molecule has 0 aliphatic heterocycles. The molecule has 0 radical (unpaired) electrons. The highest BCUT2D eigenvalue weighted by atomic mass is 32.1. The van der Waals surface area contributed by atoms with Gasteiger partial charge in [0.15, 0.2) is 0 Å². The van der Waals surface area contributed by atoms with E-state index in [2.05, 4.69) is 29.5 Å². The van der Waals surface area contributed by atoms with Gasteiger partial charge in [-0.1, -0.05) is 31.3 Å². The third-order valence-electron chi connectivity index (χ3n) is 3.03. The highest BCUT2D eigenvalue weighted by Crippen LogP contribution is 2.23. The third-order valence-corrected chi connectivity index (χ3v) is 3.18. The van der Waals surface area contributed by atoms with Crippen molar-refractivity contribution in [2.45, 2.75) is 32.7 Å². The van der Waals surface area contributed by atoms with Gasteiger partial charge in [-0.05, 0) is 25.5 Å². The van der Waals surface area contributed by atoms with Crippen molar-refractivity contribution >= 4 is 28.2 Å². The molecule has 1 aromatic heterocycles. The van der Waals surface area contributed by atoms with E-state index in [0.717, 1.165) is 23.3 Å². The van der Waals surface area contributed by atoms with Crippen LogP contribution in [0.4, 0.5) is 0 Å². The second-order valence-corrected chi connectivity index (χ2v) is 4.81. The van der Waals surface area contributed by atoms with E-state index in [-0.39, 0.29) is 0 Å². The Bertz CT molecular complexity index is 545. The van der Waals surface area contributed by atoms with Crippen LogP contribution in [0.15, 0.2) is 24.3 Å². The zero-order chi connectivity index (χ0) is 12.4. The fourth-order valence-electron chi connectivity index (χ4n) is 2.05. The summed E-state index contributed by atoms with van der Waals surface area (Å²) in [5, 5.41) is 0. The second kappa shape index (κ2) is 4.84. The molecule has 0 spiro atoms. The lowest BCUT2D eigenvalue weighted by Crippen LogP contribution is -2.17. The van der Waals surface area contributed by atoms with Gasteiger partial charge in [-0.2, -0.15) is 0 Å². The molecular formula is C13H17N3S. The van der Waals surface area contributed by atoms with Crippen molar-refractivity contribution in [3.8, 4) is 0 Å². The van der Waals surface area contributed by atoms with Gasteiger partial charge in [0, 0.05) is 6.04 Å². The smallest absolute Gasteiger partial charge is 0.116 e. The Hall–Kier alpha value is -1.42. The summed E-state index contributed by atoms with van der Waals surface area (Å²) in [5.74, 6) is 0.966. The van der Waals surface area contributed by atoms with E-state index in [1.165, 1.54) is 0 Å². The number of rotatable bonds is 4. The standard InChI is InChI=1S/C13H17N3S/c1-3-9(2)16-11-7-5-4-6-10(11)15-13(16)8-12(14)17/h4-7,9H,3,8H2,1-2H3,(H2,14,17). The third kappa shape index (κ3) is 2.31. The Balaban J connectivity index is 2.60. The summed E-state index contributed by atoms with van der Waals surface area (Å²) in [6.07, 6.45) is 1.62. The van der Waals surface area contributed by atoms with E-state index in [4.69, 9.17) is 18.0 Å². The molecule has 0 saturated carbocycles. The summed E-state index contributed by atoms with van der Waals surface area (Å²) in [7, 11) is 0. The first-order valence-corrected chi connectivity index (χ1v) is 6.28. The molecule has 1 aromatic carbocycles. The largest absolute Gasteiger partial charge is 0.393 e. The minimum absolute atomic E-state index is 0.409. The van der Waals surface area contributed by atoms with Crippen molar-refractivity contribution in [3.63, 3.8) is 0 Å². The zero-order valence-electron chi connectivity index (χ0n) is 10.2. The van der Waals surface area contributed by atoms with Gasteiger partial charge in [0.05, 0.1) is 22.4 Å². The summed E-state index contributed by atoms with van der Waals surface area (Å²) >= 11 is 4.99. The second-order valence-electron chi connectivity index (χ2n) is 4.29. The van der Waals surface area contributed by atoms with Gasteiger partial charge in [0.25, 0.3) is 0 Å². The van der Waals surface area contributed by atoms with Crippen molar-refractivity contribution in [2.75, 3.05) is 0 Å². The molecule has 0 aliphatic rings. The number of hydrogen-bond acceptors (Lipinski definition) is 2. The average Bonchev–Trinajstić information content (AvgIpc) is 2.65. The van der Waals surface area contributed by atoms with Crippen molar-refractivity contribution in [3.05, 3.63) is 30.1 Å². The highest BCUT2D eigenvalue weighted by Gasteiger charge is 2.14. The molecule has 1 heterocycles. The van der Waals surface area contributed by atoms with Crippen LogP contribution in [-0.4, -0.2) is 14.5 Å². The molecule has 3 nitrogen and oxygen atoms in total. The SMILES string of the molecule is CCC(C)n1c(CC(N)=S)nc2ccccc21. The van der Waals surface area contributed by atoms with E-state index in [1.807, 2.05) is 18.2 Å². The summed E-state index contributed by atoms with van der Waals surface area (Å²) < 4.78 is 2.24. The number of nitrogens with two attached hydrogens (primary N) is 1. The van der Waals surface area contributed by atoms with Crippen LogP contribution in [0.1, 0.15) is 32.1 Å². The van der Waals surface area contributed by atoms with Crippen LogP contribution in [0.2, 0.25) is 0 Å². The van der Waals surface area contributed by atoms with Crippen LogP contribution in [0.3, 0.4) is 0 Å². The number of fused-ring (bicyclic) bond motifs is 1. The summed E-state index contributed by atoms with van der Waals surface area (Å²) in [6.45, 7) is 4.36. The molecule has 4 heteroatoms. The molecule has 1 atom stereocenters. The van der Waals surface area contributed by atoms with Crippen LogP contribution in [0.5, 0.6) is 0 Å². The Morgan fingerprint density at radius 3 is 2.82 bits per heavy atom. The van der Waals surface area contributed by atoms with Crippen LogP contribution < -0.4 is 5.73 Å². The maximum absolute atomic E-state index is 5.63. The van der Waals surface area contributed by atoms with E-state index < -0.39 is 0 Å². The minimum atomic E-state index is 0.409. The Labute approximate surface area is 107 Å². The molecule has 0 saturated heterocycles. The van der Waals surface area contributed by atoms with Crippen molar-refractivity contribution in [2.24, 2.45) is 5.73 Å². The molecule has 0 bridgehead atoms. The maximum Gasteiger partial charge on any atom is 0.116 e. The van der Waals surface area contributed by atoms with E-state index in [1.54, 1.807) is 0 Å². The molecule has 0 aliphatic carbocycles. The number of thiocarbonyl (C=S) groups is 1. The Kier molecular flexibility index (Phi) is 3.43. The average molecular weight is 247 g/mol. The predicted molar refractivity (Wildman–Crippen MR) is 75.2 cm³/mol.